The first kappa shape index (κ1) is 14.3. The molecule has 0 spiro atoms. The molecule has 114 valence electrons. The summed E-state index contributed by atoms with van der Waals surface area (Å²) in [5, 5.41) is 16.0. The standard InChI is InChI=1S/C16H17N3O3/c1-19-14(12(9-17-19)16(21)22)15(20)18-13-8-4-6-10-5-2-3-7-11(10)13/h2-3,5,7,9,13H,4,6,8H2,1H3,(H,18,20)(H,21,22)/t13-/m1/s1. The van der Waals surface area contributed by atoms with Crippen LogP contribution in [0.25, 0.3) is 0 Å². The summed E-state index contributed by atoms with van der Waals surface area (Å²) in [6, 6.07) is 7.94. The van der Waals surface area contributed by atoms with E-state index >= 15 is 0 Å². The second-order valence-corrected chi connectivity index (χ2v) is 5.45. The number of carboxylic acid groups (broad SMARTS) is 1. The monoisotopic (exact) mass is 299 g/mol. The second-order valence-electron chi connectivity index (χ2n) is 5.45. The molecule has 0 radical (unpaired) electrons. The molecule has 0 bridgehead atoms. The van der Waals surface area contributed by atoms with Gasteiger partial charge in [-0.2, -0.15) is 5.10 Å². The maximum absolute atomic E-state index is 12.5. The fraction of sp³-hybridized carbons (Fsp3) is 0.312. The van der Waals surface area contributed by atoms with E-state index in [1.807, 2.05) is 18.2 Å². The molecule has 0 aliphatic heterocycles. The first-order valence-electron chi connectivity index (χ1n) is 7.22. The zero-order chi connectivity index (χ0) is 15.7. The Labute approximate surface area is 127 Å². The minimum atomic E-state index is -1.15. The van der Waals surface area contributed by atoms with Crippen molar-refractivity contribution in [2.24, 2.45) is 7.05 Å². The Hall–Kier alpha value is -2.63. The molecule has 0 saturated carbocycles. The van der Waals surface area contributed by atoms with E-state index in [0.29, 0.717) is 0 Å². The molecule has 6 heteroatoms. The van der Waals surface area contributed by atoms with Crippen LogP contribution >= 0.6 is 0 Å². The number of carbonyl (C=O) groups excluding carboxylic acids is 1. The summed E-state index contributed by atoms with van der Waals surface area (Å²) in [5.41, 5.74) is 2.35. The molecule has 1 amide bonds. The zero-order valence-electron chi connectivity index (χ0n) is 12.2. The van der Waals surface area contributed by atoms with Crippen LogP contribution in [-0.4, -0.2) is 26.8 Å². The molecule has 1 heterocycles. The van der Waals surface area contributed by atoms with Gasteiger partial charge in [0, 0.05) is 7.05 Å². The Morgan fingerprint density at radius 2 is 2.14 bits per heavy atom. The summed E-state index contributed by atoms with van der Waals surface area (Å²) in [6.07, 6.45) is 4.06. The Kier molecular flexibility index (Phi) is 3.66. The third-order valence-electron chi connectivity index (χ3n) is 4.06. The number of carboxylic acids is 1. The van der Waals surface area contributed by atoms with Gasteiger partial charge in [0.25, 0.3) is 5.91 Å². The van der Waals surface area contributed by atoms with Gasteiger partial charge < -0.3 is 10.4 Å². The number of aromatic nitrogens is 2. The number of aromatic carboxylic acids is 1. The molecule has 22 heavy (non-hydrogen) atoms. The molecule has 1 aromatic carbocycles. The van der Waals surface area contributed by atoms with Gasteiger partial charge in [0.05, 0.1) is 12.2 Å². The maximum atomic E-state index is 12.5. The van der Waals surface area contributed by atoms with Crippen molar-refractivity contribution in [1.82, 2.24) is 15.1 Å². The van der Waals surface area contributed by atoms with E-state index in [1.54, 1.807) is 7.05 Å². The van der Waals surface area contributed by atoms with Crippen LogP contribution in [0, 0.1) is 0 Å². The van der Waals surface area contributed by atoms with Crippen LogP contribution in [0.1, 0.15) is 50.9 Å². The van der Waals surface area contributed by atoms with E-state index in [1.165, 1.54) is 16.4 Å². The summed E-state index contributed by atoms with van der Waals surface area (Å²) in [6.45, 7) is 0. The molecule has 3 rings (SSSR count). The number of carbonyl (C=O) groups is 2. The Bertz CT molecular complexity index is 736. The van der Waals surface area contributed by atoms with E-state index in [4.69, 9.17) is 5.11 Å². The predicted octanol–water partition coefficient (Wildman–Crippen LogP) is 1.93. The average Bonchev–Trinajstić information content (AvgIpc) is 2.90. The van der Waals surface area contributed by atoms with E-state index < -0.39 is 11.9 Å². The highest BCUT2D eigenvalue weighted by atomic mass is 16.4. The Morgan fingerprint density at radius 3 is 2.91 bits per heavy atom. The quantitative estimate of drug-likeness (QED) is 0.907. The summed E-state index contributed by atoms with van der Waals surface area (Å²) >= 11 is 0. The summed E-state index contributed by atoms with van der Waals surface area (Å²) < 4.78 is 1.30. The number of amides is 1. The van der Waals surface area contributed by atoms with Crippen molar-refractivity contribution in [2.75, 3.05) is 0 Å². The molecule has 0 unspecified atom stereocenters. The van der Waals surface area contributed by atoms with Crippen molar-refractivity contribution in [2.45, 2.75) is 25.3 Å². The minimum Gasteiger partial charge on any atom is -0.478 e. The molecule has 0 fully saturated rings. The number of benzene rings is 1. The lowest BCUT2D eigenvalue weighted by molar-refractivity contribution is 0.0689. The van der Waals surface area contributed by atoms with Gasteiger partial charge in [-0.05, 0) is 30.4 Å². The molecule has 1 aliphatic carbocycles. The van der Waals surface area contributed by atoms with Crippen molar-refractivity contribution in [3.63, 3.8) is 0 Å². The lowest BCUT2D eigenvalue weighted by Crippen LogP contribution is -2.33. The maximum Gasteiger partial charge on any atom is 0.339 e. The number of aryl methyl sites for hydroxylation is 2. The van der Waals surface area contributed by atoms with Crippen molar-refractivity contribution in [1.29, 1.82) is 0 Å². The first-order valence-corrected chi connectivity index (χ1v) is 7.22. The molecule has 6 nitrogen and oxygen atoms in total. The highest BCUT2D eigenvalue weighted by Crippen LogP contribution is 2.29. The number of fused-ring (bicyclic) bond motifs is 1. The normalized spacial score (nSPS) is 16.9. The van der Waals surface area contributed by atoms with Gasteiger partial charge in [-0.1, -0.05) is 24.3 Å². The predicted molar refractivity (Wildman–Crippen MR) is 79.8 cm³/mol. The number of nitrogens with zero attached hydrogens (tertiary/aromatic N) is 2. The van der Waals surface area contributed by atoms with Crippen LogP contribution in [0.4, 0.5) is 0 Å². The fourth-order valence-electron chi connectivity index (χ4n) is 2.99. The van der Waals surface area contributed by atoms with E-state index in [9.17, 15) is 9.59 Å². The number of hydrogen-bond acceptors (Lipinski definition) is 3. The van der Waals surface area contributed by atoms with E-state index in [2.05, 4.69) is 16.5 Å². The third kappa shape index (κ3) is 2.47. The molecular formula is C16H17N3O3. The average molecular weight is 299 g/mol. The minimum absolute atomic E-state index is 0.0792. The lowest BCUT2D eigenvalue weighted by Gasteiger charge is -2.26. The van der Waals surface area contributed by atoms with Gasteiger partial charge in [-0.3, -0.25) is 9.48 Å². The van der Waals surface area contributed by atoms with Crippen molar-refractivity contribution >= 4 is 11.9 Å². The van der Waals surface area contributed by atoms with Gasteiger partial charge in [0.2, 0.25) is 0 Å². The van der Waals surface area contributed by atoms with Crippen LogP contribution in [0.15, 0.2) is 30.5 Å². The fourth-order valence-corrected chi connectivity index (χ4v) is 2.99. The lowest BCUT2D eigenvalue weighted by atomic mass is 9.87. The van der Waals surface area contributed by atoms with Gasteiger partial charge >= 0.3 is 5.97 Å². The highest BCUT2D eigenvalue weighted by Gasteiger charge is 2.26. The van der Waals surface area contributed by atoms with Gasteiger partial charge in [-0.25, -0.2) is 4.79 Å². The molecule has 1 atom stereocenters. The van der Waals surface area contributed by atoms with Crippen molar-refractivity contribution in [3.8, 4) is 0 Å². The largest absolute Gasteiger partial charge is 0.478 e. The number of rotatable bonds is 3. The van der Waals surface area contributed by atoms with Gasteiger partial charge in [0.15, 0.2) is 0 Å². The Balaban J connectivity index is 1.87. The van der Waals surface area contributed by atoms with Crippen molar-refractivity contribution < 1.29 is 14.7 Å². The molecule has 2 N–H and O–H groups in total. The van der Waals surface area contributed by atoms with Crippen LogP contribution in [0.5, 0.6) is 0 Å². The van der Waals surface area contributed by atoms with E-state index in [-0.39, 0.29) is 17.3 Å². The summed E-state index contributed by atoms with van der Waals surface area (Å²) in [7, 11) is 1.57. The van der Waals surface area contributed by atoms with Crippen molar-refractivity contribution in [3.05, 3.63) is 52.8 Å². The van der Waals surface area contributed by atoms with Crippen LogP contribution < -0.4 is 5.32 Å². The van der Waals surface area contributed by atoms with Gasteiger partial charge in [-0.15, -0.1) is 0 Å². The van der Waals surface area contributed by atoms with Crippen LogP contribution in [0.3, 0.4) is 0 Å². The van der Waals surface area contributed by atoms with Crippen LogP contribution in [0.2, 0.25) is 0 Å². The molecular weight excluding hydrogens is 282 g/mol. The smallest absolute Gasteiger partial charge is 0.339 e. The van der Waals surface area contributed by atoms with Gasteiger partial charge in [0.1, 0.15) is 11.3 Å². The molecule has 1 aromatic heterocycles. The third-order valence-corrected chi connectivity index (χ3v) is 4.06. The molecule has 0 saturated heterocycles. The van der Waals surface area contributed by atoms with E-state index in [0.717, 1.165) is 24.8 Å². The Morgan fingerprint density at radius 1 is 1.36 bits per heavy atom. The SMILES string of the molecule is Cn1ncc(C(=O)O)c1C(=O)N[C@@H]1CCCc2ccccc21. The summed E-state index contributed by atoms with van der Waals surface area (Å²) in [4.78, 5) is 23.7. The first-order chi connectivity index (χ1) is 10.6. The zero-order valence-corrected chi connectivity index (χ0v) is 12.2. The second kappa shape index (κ2) is 5.63. The summed E-state index contributed by atoms with van der Waals surface area (Å²) in [5.74, 6) is -1.55. The number of nitrogens with one attached hydrogen (secondary N) is 1. The topological polar surface area (TPSA) is 84.2 Å². The molecule has 2 aromatic rings. The molecule has 1 aliphatic rings. The number of hydrogen-bond donors (Lipinski definition) is 2. The highest BCUT2D eigenvalue weighted by molar-refractivity contribution is 6.03. The van der Waals surface area contributed by atoms with Crippen LogP contribution in [-0.2, 0) is 13.5 Å².